The predicted molar refractivity (Wildman–Crippen MR) is 102 cm³/mol. The molecule has 7 heteroatoms. The van der Waals surface area contributed by atoms with Crippen molar-refractivity contribution in [2.45, 2.75) is 63.9 Å². The normalized spacial score (nSPS) is 49.8. The molecule has 0 aromatic heterocycles. The molecule has 0 bridgehead atoms. The van der Waals surface area contributed by atoms with Crippen molar-refractivity contribution in [3.05, 3.63) is 23.3 Å². The SMILES string of the molecule is CC(=O)O[C@@]12[C@H](O)[C@@H](C)[C@@]3(O)[C@@H](C=C(CO)C[C@]4(O)C(=O)C(C)=C[C@@H]34)[C@@H]1C2(C)C. The minimum Gasteiger partial charge on any atom is -0.456 e. The summed E-state index contributed by atoms with van der Waals surface area (Å²) in [6.07, 6.45) is 2.06. The van der Waals surface area contributed by atoms with Gasteiger partial charge in [-0.1, -0.05) is 32.9 Å². The number of hydrogen-bond acceptors (Lipinski definition) is 7. The fourth-order valence-electron chi connectivity index (χ4n) is 6.91. The zero-order valence-electron chi connectivity index (χ0n) is 17.5. The summed E-state index contributed by atoms with van der Waals surface area (Å²) in [7, 11) is 0. The molecule has 0 amide bonds. The van der Waals surface area contributed by atoms with Gasteiger partial charge < -0.3 is 25.2 Å². The Morgan fingerprint density at radius 1 is 1.28 bits per heavy atom. The highest BCUT2D eigenvalue weighted by Crippen LogP contribution is 2.76. The summed E-state index contributed by atoms with van der Waals surface area (Å²) in [5, 5.41) is 44.7. The average molecular weight is 406 g/mol. The topological polar surface area (TPSA) is 124 Å². The molecular weight excluding hydrogens is 376 g/mol. The number of Topliss-reactive ketones (excluding diaryl/α,β-unsaturated/α-hetero) is 1. The van der Waals surface area contributed by atoms with Gasteiger partial charge in [0.05, 0.1) is 18.3 Å². The zero-order chi connectivity index (χ0) is 21.7. The zero-order valence-corrected chi connectivity index (χ0v) is 17.5. The third-order valence-corrected chi connectivity index (χ3v) is 8.31. The van der Waals surface area contributed by atoms with E-state index in [0.717, 1.165) is 0 Å². The molecule has 2 fully saturated rings. The molecule has 0 radical (unpaired) electrons. The monoisotopic (exact) mass is 406 g/mol. The minimum atomic E-state index is -1.88. The van der Waals surface area contributed by atoms with Gasteiger partial charge in [-0.05, 0) is 18.1 Å². The van der Waals surface area contributed by atoms with E-state index in [9.17, 15) is 30.0 Å². The maximum atomic E-state index is 12.8. The molecule has 4 aliphatic rings. The third-order valence-electron chi connectivity index (χ3n) is 8.31. The Balaban J connectivity index is 1.94. The highest BCUT2D eigenvalue weighted by molar-refractivity contribution is 6.04. The Bertz CT molecular complexity index is 857. The number of esters is 1. The van der Waals surface area contributed by atoms with Gasteiger partial charge in [-0.2, -0.15) is 0 Å². The summed E-state index contributed by atoms with van der Waals surface area (Å²) in [4.78, 5) is 24.7. The molecule has 0 aromatic carbocycles. The van der Waals surface area contributed by atoms with E-state index >= 15 is 0 Å². The summed E-state index contributed by atoms with van der Waals surface area (Å²) < 4.78 is 5.70. The molecule has 29 heavy (non-hydrogen) atoms. The van der Waals surface area contributed by atoms with Crippen molar-refractivity contribution in [3.8, 4) is 0 Å². The lowest BCUT2D eigenvalue weighted by atomic mass is 9.59. The average Bonchev–Trinajstić information content (AvgIpc) is 3.06. The molecule has 160 valence electrons. The second kappa shape index (κ2) is 5.78. The number of ether oxygens (including phenoxy) is 1. The Morgan fingerprint density at radius 2 is 1.90 bits per heavy atom. The van der Waals surface area contributed by atoms with Crippen LogP contribution in [0.4, 0.5) is 0 Å². The van der Waals surface area contributed by atoms with Gasteiger partial charge in [0.15, 0.2) is 5.78 Å². The van der Waals surface area contributed by atoms with Crippen LogP contribution < -0.4 is 0 Å². The van der Waals surface area contributed by atoms with Crippen LogP contribution >= 0.6 is 0 Å². The largest absolute Gasteiger partial charge is 0.456 e. The van der Waals surface area contributed by atoms with Gasteiger partial charge in [-0.3, -0.25) is 9.59 Å². The standard InChI is InChI=1S/C22H30O7/c1-10-6-15-20(27,17(10)25)8-13(9-23)7-14-16-19(4,5)22(16,29-12(3)24)18(26)11(2)21(14,15)28/h6-7,11,14-16,18,23,26-28H,8-9H2,1-5H3/t11-,14+,15-,16-,18-,20-,21-,22-/m1/s1. The number of aliphatic hydroxyl groups is 4. The number of fused-ring (bicyclic) bond motifs is 5. The van der Waals surface area contributed by atoms with Crippen molar-refractivity contribution >= 4 is 11.8 Å². The van der Waals surface area contributed by atoms with Gasteiger partial charge in [-0.15, -0.1) is 0 Å². The number of rotatable bonds is 2. The Labute approximate surface area is 170 Å². The molecule has 0 aromatic rings. The molecule has 4 aliphatic carbocycles. The van der Waals surface area contributed by atoms with Crippen LogP contribution in [0.3, 0.4) is 0 Å². The molecule has 0 unspecified atom stereocenters. The van der Waals surface area contributed by atoms with E-state index < -0.39 is 63.7 Å². The van der Waals surface area contributed by atoms with Crippen LogP contribution in [-0.4, -0.2) is 61.7 Å². The van der Waals surface area contributed by atoms with E-state index in [1.165, 1.54) is 6.92 Å². The van der Waals surface area contributed by atoms with Gasteiger partial charge in [0.2, 0.25) is 0 Å². The lowest BCUT2D eigenvalue weighted by molar-refractivity contribution is -0.218. The number of carbonyl (C=O) groups excluding carboxylic acids is 2. The van der Waals surface area contributed by atoms with Crippen LogP contribution in [0.15, 0.2) is 23.3 Å². The molecule has 4 rings (SSSR count). The quantitative estimate of drug-likeness (QED) is 0.389. The lowest BCUT2D eigenvalue weighted by Gasteiger charge is -2.52. The number of carbonyl (C=O) groups is 2. The van der Waals surface area contributed by atoms with Gasteiger partial charge in [0.25, 0.3) is 0 Å². The summed E-state index contributed by atoms with van der Waals surface area (Å²) >= 11 is 0. The highest BCUT2D eigenvalue weighted by Gasteiger charge is 2.86. The summed E-state index contributed by atoms with van der Waals surface area (Å²) in [5.74, 6) is -3.77. The van der Waals surface area contributed by atoms with E-state index in [1.54, 1.807) is 26.0 Å². The van der Waals surface area contributed by atoms with E-state index in [2.05, 4.69) is 0 Å². The first-order valence-corrected chi connectivity index (χ1v) is 10.2. The predicted octanol–water partition coefficient (Wildman–Crippen LogP) is 0.501. The maximum absolute atomic E-state index is 12.8. The van der Waals surface area contributed by atoms with Crippen molar-refractivity contribution in [3.63, 3.8) is 0 Å². The van der Waals surface area contributed by atoms with Crippen molar-refractivity contribution in [1.82, 2.24) is 0 Å². The molecule has 0 heterocycles. The Kier molecular flexibility index (Phi) is 4.13. The number of hydrogen-bond donors (Lipinski definition) is 4. The third kappa shape index (κ3) is 2.17. The van der Waals surface area contributed by atoms with Crippen molar-refractivity contribution in [2.75, 3.05) is 6.61 Å². The van der Waals surface area contributed by atoms with Crippen molar-refractivity contribution in [2.24, 2.45) is 29.1 Å². The van der Waals surface area contributed by atoms with Crippen LogP contribution in [0.1, 0.15) is 41.0 Å². The molecule has 7 nitrogen and oxygen atoms in total. The van der Waals surface area contributed by atoms with Gasteiger partial charge in [0.1, 0.15) is 11.2 Å². The first-order chi connectivity index (χ1) is 13.3. The van der Waals surface area contributed by atoms with E-state index in [1.807, 2.05) is 13.8 Å². The first-order valence-electron chi connectivity index (χ1n) is 10.2. The Morgan fingerprint density at radius 3 is 2.45 bits per heavy atom. The minimum absolute atomic E-state index is 0.0871. The molecular formula is C22H30O7. The van der Waals surface area contributed by atoms with Crippen LogP contribution in [0.25, 0.3) is 0 Å². The molecule has 4 N–H and O–H groups in total. The summed E-state index contributed by atoms with van der Waals surface area (Å²) in [6, 6.07) is 0. The van der Waals surface area contributed by atoms with E-state index in [0.29, 0.717) is 11.1 Å². The summed E-state index contributed by atoms with van der Waals surface area (Å²) in [6.45, 7) is 7.96. The molecule has 0 saturated heterocycles. The molecule has 0 spiro atoms. The fourth-order valence-corrected chi connectivity index (χ4v) is 6.91. The van der Waals surface area contributed by atoms with Gasteiger partial charge >= 0.3 is 5.97 Å². The number of aliphatic hydroxyl groups excluding tert-OH is 2. The smallest absolute Gasteiger partial charge is 0.303 e. The second-order valence-electron chi connectivity index (χ2n) is 9.97. The second-order valence-corrected chi connectivity index (χ2v) is 9.97. The van der Waals surface area contributed by atoms with Crippen molar-refractivity contribution < 1.29 is 34.8 Å². The molecule has 8 atom stereocenters. The lowest BCUT2D eigenvalue weighted by Crippen LogP contribution is -2.65. The van der Waals surface area contributed by atoms with Crippen LogP contribution in [0.5, 0.6) is 0 Å². The highest BCUT2D eigenvalue weighted by atomic mass is 16.6. The molecule has 0 aliphatic heterocycles. The van der Waals surface area contributed by atoms with Gasteiger partial charge in [0, 0.05) is 42.4 Å². The van der Waals surface area contributed by atoms with E-state index in [-0.39, 0.29) is 13.0 Å². The van der Waals surface area contributed by atoms with Gasteiger partial charge in [-0.25, -0.2) is 0 Å². The van der Waals surface area contributed by atoms with Crippen LogP contribution in [0.2, 0.25) is 0 Å². The first kappa shape index (κ1) is 20.7. The fraction of sp³-hybridized carbons (Fsp3) is 0.727. The van der Waals surface area contributed by atoms with Crippen LogP contribution in [-0.2, 0) is 14.3 Å². The van der Waals surface area contributed by atoms with E-state index in [4.69, 9.17) is 4.74 Å². The summed E-state index contributed by atoms with van der Waals surface area (Å²) in [5.41, 5.74) is -4.52. The van der Waals surface area contributed by atoms with Crippen molar-refractivity contribution in [1.29, 1.82) is 0 Å². The maximum Gasteiger partial charge on any atom is 0.303 e. The number of ketones is 1. The Hall–Kier alpha value is -1.54. The molecule has 2 saturated carbocycles. The van der Waals surface area contributed by atoms with Crippen LogP contribution in [0, 0.1) is 29.1 Å².